The van der Waals surface area contributed by atoms with Crippen molar-refractivity contribution >= 4 is 17.6 Å². The van der Waals surface area contributed by atoms with Gasteiger partial charge in [0.05, 0.1) is 12.0 Å². The summed E-state index contributed by atoms with van der Waals surface area (Å²) in [6, 6.07) is 4.97. The number of rotatable bonds is 9. The zero-order chi connectivity index (χ0) is 17.9. The number of methoxy groups -OCH3 is 1. The van der Waals surface area contributed by atoms with Crippen LogP contribution in [0, 0.1) is 10.1 Å². The summed E-state index contributed by atoms with van der Waals surface area (Å²) in [7, 11) is 1.24. The highest BCUT2D eigenvalue weighted by molar-refractivity contribution is 5.91. The summed E-state index contributed by atoms with van der Waals surface area (Å²) in [6.07, 6.45) is 6.19. The fraction of sp³-hybridized carbons (Fsp3) is 0.412. The monoisotopic (exact) mass is 334 g/mol. The molecular formula is C17H22N2O5. The number of carbonyl (C=O) groups is 2. The lowest BCUT2D eigenvalue weighted by Crippen LogP contribution is -2.42. The highest BCUT2D eigenvalue weighted by Gasteiger charge is 2.21. The lowest BCUT2D eigenvalue weighted by atomic mass is 10.1. The summed E-state index contributed by atoms with van der Waals surface area (Å²) in [5.74, 6) is -0.938. The molecule has 0 fully saturated rings. The molecule has 1 N–H and O–H groups in total. The van der Waals surface area contributed by atoms with Gasteiger partial charge in [0.2, 0.25) is 5.91 Å². The number of esters is 1. The molecular weight excluding hydrogens is 312 g/mol. The van der Waals surface area contributed by atoms with E-state index in [4.69, 9.17) is 4.74 Å². The van der Waals surface area contributed by atoms with Crippen LogP contribution in [0.2, 0.25) is 0 Å². The molecule has 0 saturated heterocycles. The predicted molar refractivity (Wildman–Crippen MR) is 89.4 cm³/mol. The maximum atomic E-state index is 11.9. The van der Waals surface area contributed by atoms with Crippen LogP contribution in [0.3, 0.4) is 0 Å². The first-order valence-electron chi connectivity index (χ1n) is 7.76. The standard InChI is InChI=1S/C17H22N2O5/c1-3-4-5-6-7-16(20)18-15(17(21)24-2)12-13-8-10-14(11-9-13)19(22)23/h6-11,15H,3-5,12H2,1-2H3,(H,18,20)/b7-6+/t15-/m0/s1. The van der Waals surface area contributed by atoms with Crippen LogP contribution in [0.4, 0.5) is 5.69 Å². The van der Waals surface area contributed by atoms with Crippen LogP contribution in [0.1, 0.15) is 31.7 Å². The number of nitrogens with one attached hydrogen (secondary N) is 1. The normalized spacial score (nSPS) is 11.9. The van der Waals surface area contributed by atoms with E-state index in [1.54, 1.807) is 18.2 Å². The van der Waals surface area contributed by atoms with E-state index in [-0.39, 0.29) is 18.0 Å². The summed E-state index contributed by atoms with van der Waals surface area (Å²) >= 11 is 0. The maximum absolute atomic E-state index is 11.9. The highest BCUT2D eigenvalue weighted by Crippen LogP contribution is 2.13. The molecule has 1 aromatic carbocycles. The van der Waals surface area contributed by atoms with Gasteiger partial charge in [-0.3, -0.25) is 14.9 Å². The Labute approximate surface area is 140 Å². The van der Waals surface area contributed by atoms with Crippen LogP contribution >= 0.6 is 0 Å². The molecule has 0 radical (unpaired) electrons. The minimum Gasteiger partial charge on any atom is -0.467 e. The third-order valence-electron chi connectivity index (χ3n) is 3.38. The zero-order valence-electron chi connectivity index (χ0n) is 13.9. The van der Waals surface area contributed by atoms with Crippen molar-refractivity contribution in [2.45, 2.75) is 38.6 Å². The summed E-state index contributed by atoms with van der Waals surface area (Å²) in [5.41, 5.74) is 0.655. The fourth-order valence-corrected chi connectivity index (χ4v) is 2.06. The molecule has 1 aromatic rings. The number of amides is 1. The number of nitro groups is 1. The van der Waals surface area contributed by atoms with E-state index >= 15 is 0 Å². The average Bonchev–Trinajstić information content (AvgIpc) is 2.58. The van der Waals surface area contributed by atoms with Crippen LogP contribution in [0.5, 0.6) is 0 Å². The summed E-state index contributed by atoms with van der Waals surface area (Å²) in [5, 5.41) is 13.2. The van der Waals surface area contributed by atoms with Crippen molar-refractivity contribution in [3.63, 3.8) is 0 Å². The fourth-order valence-electron chi connectivity index (χ4n) is 2.06. The molecule has 0 aliphatic carbocycles. The van der Waals surface area contributed by atoms with Crippen molar-refractivity contribution in [3.8, 4) is 0 Å². The van der Waals surface area contributed by atoms with E-state index < -0.39 is 16.9 Å². The number of ether oxygens (including phenoxy) is 1. The Morgan fingerprint density at radius 2 is 2.00 bits per heavy atom. The van der Waals surface area contributed by atoms with Gasteiger partial charge in [0.1, 0.15) is 6.04 Å². The molecule has 24 heavy (non-hydrogen) atoms. The molecule has 0 heterocycles. The molecule has 0 aliphatic rings. The van der Waals surface area contributed by atoms with Gasteiger partial charge in [-0.05, 0) is 18.1 Å². The first-order valence-corrected chi connectivity index (χ1v) is 7.76. The predicted octanol–water partition coefficient (Wildman–Crippen LogP) is 2.54. The molecule has 1 amide bonds. The topological polar surface area (TPSA) is 98.5 Å². The van der Waals surface area contributed by atoms with E-state index in [9.17, 15) is 19.7 Å². The first kappa shape index (κ1) is 19.3. The molecule has 0 unspecified atom stereocenters. The third-order valence-corrected chi connectivity index (χ3v) is 3.38. The second-order valence-corrected chi connectivity index (χ2v) is 5.26. The quantitative estimate of drug-likeness (QED) is 0.246. The second-order valence-electron chi connectivity index (χ2n) is 5.26. The van der Waals surface area contributed by atoms with Gasteiger partial charge in [-0.1, -0.05) is 38.0 Å². The van der Waals surface area contributed by atoms with Crippen LogP contribution in [0.15, 0.2) is 36.4 Å². The van der Waals surface area contributed by atoms with E-state index in [0.29, 0.717) is 5.56 Å². The molecule has 0 bridgehead atoms. The Balaban J connectivity index is 2.71. The molecule has 0 aromatic heterocycles. The average molecular weight is 334 g/mol. The molecule has 0 aliphatic heterocycles. The smallest absolute Gasteiger partial charge is 0.328 e. The molecule has 7 heteroatoms. The van der Waals surface area contributed by atoms with Crippen LogP contribution < -0.4 is 5.32 Å². The highest BCUT2D eigenvalue weighted by atomic mass is 16.6. The number of nitro benzene ring substituents is 1. The van der Waals surface area contributed by atoms with Crippen molar-refractivity contribution in [2.75, 3.05) is 7.11 Å². The SMILES string of the molecule is CCCC/C=C/C(=O)N[C@@H](Cc1ccc([N+](=O)[O-])cc1)C(=O)OC. The number of allylic oxidation sites excluding steroid dienone is 1. The van der Waals surface area contributed by atoms with Crippen molar-refractivity contribution in [2.24, 2.45) is 0 Å². The summed E-state index contributed by atoms with van der Waals surface area (Å²) in [6.45, 7) is 2.06. The van der Waals surface area contributed by atoms with Gasteiger partial charge in [0, 0.05) is 18.6 Å². The molecule has 7 nitrogen and oxygen atoms in total. The Morgan fingerprint density at radius 1 is 1.33 bits per heavy atom. The molecule has 0 spiro atoms. The summed E-state index contributed by atoms with van der Waals surface area (Å²) in [4.78, 5) is 33.9. The van der Waals surface area contributed by atoms with E-state index in [0.717, 1.165) is 19.3 Å². The van der Waals surface area contributed by atoms with Gasteiger partial charge >= 0.3 is 5.97 Å². The maximum Gasteiger partial charge on any atom is 0.328 e. The van der Waals surface area contributed by atoms with E-state index in [1.807, 2.05) is 0 Å². The summed E-state index contributed by atoms with van der Waals surface area (Å²) < 4.78 is 4.70. The first-order chi connectivity index (χ1) is 11.5. The minimum atomic E-state index is -0.847. The Bertz CT molecular complexity index is 596. The van der Waals surface area contributed by atoms with Gasteiger partial charge in [-0.2, -0.15) is 0 Å². The largest absolute Gasteiger partial charge is 0.467 e. The van der Waals surface area contributed by atoms with Crippen molar-refractivity contribution in [1.82, 2.24) is 5.32 Å². The second kappa shape index (κ2) is 10.1. The van der Waals surface area contributed by atoms with Crippen LogP contribution in [0.25, 0.3) is 0 Å². The van der Waals surface area contributed by atoms with Crippen molar-refractivity contribution < 1.29 is 19.2 Å². The number of nitrogens with zero attached hydrogens (tertiary/aromatic N) is 1. The van der Waals surface area contributed by atoms with E-state index in [1.165, 1.54) is 25.3 Å². The van der Waals surface area contributed by atoms with Crippen LogP contribution in [-0.4, -0.2) is 30.0 Å². The Kier molecular flexibility index (Phi) is 8.18. The number of hydrogen-bond acceptors (Lipinski definition) is 5. The molecule has 1 atom stereocenters. The minimum absolute atomic E-state index is 0.0312. The Hall–Kier alpha value is -2.70. The van der Waals surface area contributed by atoms with Gasteiger partial charge in [-0.15, -0.1) is 0 Å². The van der Waals surface area contributed by atoms with Gasteiger partial charge in [0.25, 0.3) is 5.69 Å². The van der Waals surface area contributed by atoms with Gasteiger partial charge in [-0.25, -0.2) is 4.79 Å². The lowest BCUT2D eigenvalue weighted by molar-refractivity contribution is -0.384. The molecule has 1 rings (SSSR count). The number of hydrogen-bond donors (Lipinski definition) is 1. The molecule has 0 saturated carbocycles. The number of carbonyl (C=O) groups excluding carboxylic acids is 2. The third kappa shape index (κ3) is 6.60. The van der Waals surface area contributed by atoms with Crippen molar-refractivity contribution in [1.29, 1.82) is 0 Å². The van der Waals surface area contributed by atoms with Crippen LogP contribution in [-0.2, 0) is 20.7 Å². The lowest BCUT2D eigenvalue weighted by Gasteiger charge is -2.15. The number of benzene rings is 1. The number of non-ortho nitro benzene ring substituents is 1. The van der Waals surface area contributed by atoms with Gasteiger partial charge in [0.15, 0.2) is 0 Å². The molecule has 130 valence electrons. The van der Waals surface area contributed by atoms with E-state index in [2.05, 4.69) is 12.2 Å². The Morgan fingerprint density at radius 3 is 2.54 bits per heavy atom. The van der Waals surface area contributed by atoms with Gasteiger partial charge < -0.3 is 10.1 Å². The zero-order valence-corrected chi connectivity index (χ0v) is 13.9. The van der Waals surface area contributed by atoms with Crippen molar-refractivity contribution in [3.05, 3.63) is 52.1 Å². The number of unbranched alkanes of at least 4 members (excludes halogenated alkanes) is 2.